The van der Waals surface area contributed by atoms with Crippen LogP contribution in [0.5, 0.6) is 0 Å². The molecule has 0 saturated heterocycles. The monoisotopic (exact) mass is 336 g/mol. The lowest BCUT2D eigenvalue weighted by Gasteiger charge is -2.27. The van der Waals surface area contributed by atoms with Crippen molar-refractivity contribution in [2.45, 2.75) is 11.8 Å². The van der Waals surface area contributed by atoms with E-state index in [0.717, 1.165) is 0 Å². The molecule has 0 amide bonds. The average molecular weight is 337 g/mol. The van der Waals surface area contributed by atoms with Crippen LogP contribution < -0.4 is 10.2 Å². The molecular formula is C14H13ClN4O2S. The van der Waals surface area contributed by atoms with Gasteiger partial charge in [0.1, 0.15) is 10.7 Å². The zero-order chi connectivity index (χ0) is 15.7. The molecule has 1 aromatic carbocycles. The maximum absolute atomic E-state index is 12.4. The second kappa shape index (κ2) is 5.58. The highest BCUT2D eigenvalue weighted by Gasteiger charge is 2.28. The predicted molar refractivity (Wildman–Crippen MR) is 87.0 cm³/mol. The number of rotatable bonds is 2. The molecule has 1 aromatic heterocycles. The van der Waals surface area contributed by atoms with Crippen LogP contribution in [0.2, 0.25) is 5.02 Å². The van der Waals surface area contributed by atoms with Crippen molar-refractivity contribution in [2.75, 3.05) is 16.8 Å². The van der Waals surface area contributed by atoms with Gasteiger partial charge >= 0.3 is 0 Å². The van der Waals surface area contributed by atoms with Gasteiger partial charge in [-0.05, 0) is 37.3 Å². The molecular weight excluding hydrogens is 324 g/mol. The van der Waals surface area contributed by atoms with Crippen molar-refractivity contribution >= 4 is 39.1 Å². The fourth-order valence-electron chi connectivity index (χ4n) is 2.17. The van der Waals surface area contributed by atoms with Gasteiger partial charge in [0.25, 0.3) is 10.0 Å². The maximum atomic E-state index is 12.4. The number of pyridine rings is 1. The Bertz CT molecular complexity index is 837. The van der Waals surface area contributed by atoms with Crippen LogP contribution in [0.25, 0.3) is 0 Å². The molecule has 1 aliphatic rings. The summed E-state index contributed by atoms with van der Waals surface area (Å²) in [6.45, 7) is 2.41. The van der Waals surface area contributed by atoms with Gasteiger partial charge in [0.15, 0.2) is 0 Å². The Balaban J connectivity index is 2.07. The van der Waals surface area contributed by atoms with Crippen molar-refractivity contribution in [3.8, 4) is 0 Å². The minimum absolute atomic E-state index is 0.0702. The fraction of sp³-hybridized carbons (Fsp3) is 0.143. The van der Waals surface area contributed by atoms with Gasteiger partial charge in [-0.1, -0.05) is 17.7 Å². The molecule has 1 aliphatic heterocycles. The van der Waals surface area contributed by atoms with Gasteiger partial charge in [-0.2, -0.15) is 8.42 Å². The van der Waals surface area contributed by atoms with E-state index in [0.29, 0.717) is 23.1 Å². The van der Waals surface area contributed by atoms with Crippen molar-refractivity contribution in [1.82, 2.24) is 4.98 Å². The molecule has 2 heterocycles. The summed E-state index contributed by atoms with van der Waals surface area (Å²) in [5, 5.41) is 3.37. The molecule has 8 heteroatoms. The Morgan fingerprint density at radius 3 is 2.77 bits per heavy atom. The van der Waals surface area contributed by atoms with Crippen LogP contribution in [0.1, 0.15) is 6.92 Å². The summed E-state index contributed by atoms with van der Waals surface area (Å²) in [7, 11) is -3.81. The number of fused-ring (bicyclic) bond motifs is 1. The zero-order valence-corrected chi connectivity index (χ0v) is 13.3. The number of hydrogen-bond acceptors (Lipinski definition) is 5. The Kier molecular flexibility index (Phi) is 3.76. The van der Waals surface area contributed by atoms with Gasteiger partial charge in [-0.25, -0.2) is 4.98 Å². The van der Waals surface area contributed by atoms with E-state index in [-0.39, 0.29) is 10.9 Å². The highest BCUT2D eigenvalue weighted by atomic mass is 35.5. The summed E-state index contributed by atoms with van der Waals surface area (Å²) in [4.78, 5) is 5.99. The third-order valence-corrected chi connectivity index (χ3v) is 4.71. The smallest absolute Gasteiger partial charge is 0.287 e. The Morgan fingerprint density at radius 2 is 2.09 bits per heavy atom. The number of nitrogens with one attached hydrogen (secondary N) is 1. The molecule has 114 valence electrons. The van der Waals surface area contributed by atoms with Crippen LogP contribution in [-0.4, -0.2) is 25.9 Å². The number of halogens is 1. The third-order valence-electron chi connectivity index (χ3n) is 3.17. The molecule has 0 saturated carbocycles. The average Bonchev–Trinajstić information content (AvgIpc) is 2.49. The van der Waals surface area contributed by atoms with E-state index < -0.39 is 10.0 Å². The maximum Gasteiger partial charge on any atom is 0.287 e. The Labute approximate surface area is 133 Å². The van der Waals surface area contributed by atoms with Gasteiger partial charge in [-0.15, -0.1) is 4.40 Å². The summed E-state index contributed by atoms with van der Waals surface area (Å²) in [6.07, 6.45) is 1.64. The van der Waals surface area contributed by atoms with E-state index >= 15 is 0 Å². The first-order valence-corrected chi connectivity index (χ1v) is 8.43. The van der Waals surface area contributed by atoms with Crippen molar-refractivity contribution < 1.29 is 8.42 Å². The van der Waals surface area contributed by atoms with Gasteiger partial charge in [-0.3, -0.25) is 4.90 Å². The van der Waals surface area contributed by atoms with Crippen LogP contribution in [0.3, 0.4) is 0 Å². The summed E-state index contributed by atoms with van der Waals surface area (Å²) in [5.41, 5.74) is 0.448. The van der Waals surface area contributed by atoms with Crippen LogP contribution in [0, 0.1) is 0 Å². The van der Waals surface area contributed by atoms with Gasteiger partial charge in [0.2, 0.25) is 5.96 Å². The van der Waals surface area contributed by atoms with E-state index in [1.807, 2.05) is 13.0 Å². The summed E-state index contributed by atoms with van der Waals surface area (Å²) >= 11 is 5.86. The van der Waals surface area contributed by atoms with Crippen molar-refractivity contribution in [2.24, 2.45) is 4.40 Å². The number of nitrogens with zero attached hydrogens (tertiary/aromatic N) is 3. The van der Waals surface area contributed by atoms with Crippen molar-refractivity contribution in [3.05, 3.63) is 47.6 Å². The van der Waals surface area contributed by atoms with E-state index in [9.17, 15) is 8.42 Å². The molecule has 0 bridgehead atoms. The van der Waals surface area contributed by atoms with E-state index in [4.69, 9.17) is 11.6 Å². The molecule has 3 rings (SSSR count). The second-order valence-corrected chi connectivity index (χ2v) is 6.60. The number of hydrogen-bond donors (Lipinski definition) is 1. The van der Waals surface area contributed by atoms with Crippen LogP contribution in [-0.2, 0) is 10.0 Å². The molecule has 0 fully saturated rings. The molecule has 22 heavy (non-hydrogen) atoms. The summed E-state index contributed by atoms with van der Waals surface area (Å²) in [5.74, 6) is 0.833. The predicted octanol–water partition coefficient (Wildman–Crippen LogP) is 2.73. The second-order valence-electron chi connectivity index (χ2n) is 4.59. The number of anilines is 2. The van der Waals surface area contributed by atoms with Crippen LogP contribution >= 0.6 is 11.6 Å². The lowest BCUT2D eigenvalue weighted by atomic mass is 10.3. The fourth-order valence-corrected chi connectivity index (χ4v) is 3.55. The largest absolute Gasteiger partial charge is 0.324 e. The van der Waals surface area contributed by atoms with E-state index in [1.54, 1.807) is 35.4 Å². The van der Waals surface area contributed by atoms with Gasteiger partial charge < -0.3 is 5.32 Å². The van der Waals surface area contributed by atoms with Crippen LogP contribution in [0.15, 0.2) is 51.9 Å². The molecule has 0 radical (unpaired) electrons. The number of guanidine groups is 1. The van der Waals surface area contributed by atoms with E-state index in [1.165, 1.54) is 6.07 Å². The summed E-state index contributed by atoms with van der Waals surface area (Å²) < 4.78 is 28.6. The lowest BCUT2D eigenvalue weighted by molar-refractivity contribution is 0.597. The first-order chi connectivity index (χ1) is 10.5. The van der Waals surface area contributed by atoms with E-state index in [2.05, 4.69) is 14.7 Å². The third kappa shape index (κ3) is 2.65. The Hall–Kier alpha value is -2.12. The quantitative estimate of drug-likeness (QED) is 0.912. The lowest BCUT2D eigenvalue weighted by Crippen LogP contribution is -2.39. The molecule has 0 atom stereocenters. The number of aromatic nitrogens is 1. The highest BCUT2D eigenvalue weighted by molar-refractivity contribution is 7.90. The van der Waals surface area contributed by atoms with Gasteiger partial charge in [0, 0.05) is 17.8 Å². The molecule has 0 unspecified atom stereocenters. The van der Waals surface area contributed by atoms with Gasteiger partial charge in [0.05, 0.1) is 5.69 Å². The molecule has 0 spiro atoms. The first-order valence-electron chi connectivity index (χ1n) is 6.61. The first kappa shape index (κ1) is 14.8. The molecule has 6 nitrogen and oxygen atoms in total. The summed E-state index contributed by atoms with van der Waals surface area (Å²) in [6, 6.07) is 10.0. The molecule has 0 aliphatic carbocycles. The standard InChI is InChI=1S/C14H13ClN4O2S/c1-2-19(13-5-3-4-8-16-13)14-17-11-7-6-10(15)9-12(11)22(20,21)18-14/h3-9H,2H2,1H3,(H,17,18). The highest BCUT2D eigenvalue weighted by Crippen LogP contribution is 2.30. The Morgan fingerprint density at radius 1 is 1.27 bits per heavy atom. The SMILES string of the molecule is CCN(C1=NS(=O)(=O)c2cc(Cl)ccc2N1)c1ccccn1. The topological polar surface area (TPSA) is 74.7 Å². The van der Waals surface area contributed by atoms with Crippen LogP contribution in [0.4, 0.5) is 11.5 Å². The van der Waals surface area contributed by atoms with Crippen molar-refractivity contribution in [1.29, 1.82) is 0 Å². The van der Waals surface area contributed by atoms with Crippen molar-refractivity contribution in [3.63, 3.8) is 0 Å². The minimum atomic E-state index is -3.81. The molecule has 1 N–H and O–H groups in total. The normalized spacial score (nSPS) is 15.5. The number of sulfonamides is 1. The molecule has 2 aromatic rings. The number of benzene rings is 1. The minimum Gasteiger partial charge on any atom is -0.324 e. The zero-order valence-electron chi connectivity index (χ0n) is 11.7.